The Morgan fingerprint density at radius 3 is 2.37 bits per heavy atom. The molecule has 0 radical (unpaired) electrons. The van der Waals surface area contributed by atoms with Gasteiger partial charge in [0, 0.05) is 0 Å². The standard InChI is InChI=1S/C12H10N4O2S/c13-7-9-1-4-11(5-2-9)19(17,18)16-10-3-6-12(14)15-8-10/h1-6,8,16H,(H2,14,15). The maximum atomic E-state index is 12.0. The number of rotatable bonds is 3. The van der Waals surface area contributed by atoms with Gasteiger partial charge < -0.3 is 5.73 Å². The summed E-state index contributed by atoms with van der Waals surface area (Å²) in [5, 5.41) is 8.66. The molecular formula is C12H10N4O2S. The van der Waals surface area contributed by atoms with Crippen LogP contribution in [-0.4, -0.2) is 13.4 Å². The third-order valence-electron chi connectivity index (χ3n) is 2.33. The second kappa shape index (κ2) is 4.96. The van der Waals surface area contributed by atoms with E-state index in [9.17, 15) is 8.42 Å². The molecule has 0 atom stereocenters. The lowest BCUT2D eigenvalue weighted by Gasteiger charge is -2.07. The molecule has 0 saturated carbocycles. The lowest BCUT2D eigenvalue weighted by Crippen LogP contribution is -2.13. The van der Waals surface area contributed by atoms with Crippen LogP contribution in [0.4, 0.5) is 11.5 Å². The first-order valence-electron chi connectivity index (χ1n) is 5.26. The van der Waals surface area contributed by atoms with Crippen molar-refractivity contribution in [1.29, 1.82) is 5.26 Å². The van der Waals surface area contributed by atoms with Crippen LogP contribution < -0.4 is 10.5 Å². The van der Waals surface area contributed by atoms with Crippen molar-refractivity contribution < 1.29 is 8.42 Å². The van der Waals surface area contributed by atoms with Crippen LogP contribution in [0.1, 0.15) is 5.56 Å². The number of aromatic nitrogens is 1. The molecule has 0 aliphatic rings. The van der Waals surface area contributed by atoms with Crippen LogP contribution in [0.25, 0.3) is 0 Å². The number of nitrogens with zero attached hydrogens (tertiary/aromatic N) is 2. The van der Waals surface area contributed by atoms with Gasteiger partial charge in [-0.25, -0.2) is 13.4 Å². The Labute approximate surface area is 110 Å². The smallest absolute Gasteiger partial charge is 0.261 e. The molecule has 96 valence electrons. The van der Waals surface area contributed by atoms with Crippen LogP contribution in [0.2, 0.25) is 0 Å². The predicted octanol–water partition coefficient (Wildman–Crippen LogP) is 1.34. The van der Waals surface area contributed by atoms with E-state index in [4.69, 9.17) is 11.0 Å². The van der Waals surface area contributed by atoms with Gasteiger partial charge in [-0.3, -0.25) is 4.72 Å². The number of nitrogens with one attached hydrogen (secondary N) is 1. The summed E-state index contributed by atoms with van der Waals surface area (Å²) in [6.45, 7) is 0. The van der Waals surface area contributed by atoms with Crippen molar-refractivity contribution in [2.24, 2.45) is 0 Å². The summed E-state index contributed by atoms with van der Waals surface area (Å²) in [6.07, 6.45) is 1.33. The van der Waals surface area contributed by atoms with E-state index in [1.807, 2.05) is 6.07 Å². The maximum Gasteiger partial charge on any atom is 0.261 e. The van der Waals surface area contributed by atoms with Gasteiger partial charge in [0.25, 0.3) is 10.0 Å². The Kier molecular flexibility index (Phi) is 3.35. The fourth-order valence-electron chi connectivity index (χ4n) is 1.39. The number of nitrogens with two attached hydrogens (primary N) is 1. The van der Waals surface area contributed by atoms with Gasteiger partial charge in [0.05, 0.1) is 28.4 Å². The molecule has 0 aliphatic heterocycles. The number of hydrogen-bond donors (Lipinski definition) is 2. The third-order valence-corrected chi connectivity index (χ3v) is 3.73. The van der Waals surface area contributed by atoms with Crippen molar-refractivity contribution in [3.8, 4) is 6.07 Å². The molecule has 19 heavy (non-hydrogen) atoms. The van der Waals surface area contributed by atoms with Crippen molar-refractivity contribution in [1.82, 2.24) is 4.98 Å². The molecular weight excluding hydrogens is 264 g/mol. The average Bonchev–Trinajstić information content (AvgIpc) is 2.41. The summed E-state index contributed by atoms with van der Waals surface area (Å²) in [7, 11) is -3.69. The lowest BCUT2D eigenvalue weighted by atomic mass is 10.2. The van der Waals surface area contributed by atoms with Crippen LogP contribution in [-0.2, 0) is 10.0 Å². The molecule has 0 fully saturated rings. The van der Waals surface area contributed by atoms with Gasteiger partial charge in [-0.05, 0) is 36.4 Å². The zero-order valence-electron chi connectivity index (χ0n) is 9.74. The molecule has 1 heterocycles. The highest BCUT2D eigenvalue weighted by molar-refractivity contribution is 7.92. The fraction of sp³-hybridized carbons (Fsp3) is 0. The highest BCUT2D eigenvalue weighted by Gasteiger charge is 2.14. The van der Waals surface area contributed by atoms with Crippen LogP contribution in [0.5, 0.6) is 0 Å². The van der Waals surface area contributed by atoms with Gasteiger partial charge in [-0.1, -0.05) is 0 Å². The van der Waals surface area contributed by atoms with Crippen molar-refractivity contribution in [3.63, 3.8) is 0 Å². The summed E-state index contributed by atoms with van der Waals surface area (Å²) < 4.78 is 26.4. The van der Waals surface area contributed by atoms with Crippen molar-refractivity contribution in [2.75, 3.05) is 10.5 Å². The number of hydrogen-bond acceptors (Lipinski definition) is 5. The quantitative estimate of drug-likeness (QED) is 0.877. The predicted molar refractivity (Wildman–Crippen MR) is 70.6 cm³/mol. The first-order chi connectivity index (χ1) is 9.01. The zero-order chi connectivity index (χ0) is 13.9. The van der Waals surface area contributed by atoms with Gasteiger partial charge in [-0.2, -0.15) is 5.26 Å². The molecule has 0 aliphatic carbocycles. The van der Waals surface area contributed by atoms with Gasteiger partial charge in [0.2, 0.25) is 0 Å². The van der Waals surface area contributed by atoms with Crippen molar-refractivity contribution in [3.05, 3.63) is 48.2 Å². The zero-order valence-corrected chi connectivity index (χ0v) is 10.6. The highest BCUT2D eigenvalue weighted by Crippen LogP contribution is 2.16. The molecule has 1 aromatic carbocycles. The normalized spacial score (nSPS) is 10.7. The largest absolute Gasteiger partial charge is 0.384 e. The topological polar surface area (TPSA) is 109 Å². The number of anilines is 2. The van der Waals surface area contributed by atoms with Crippen LogP contribution in [0.15, 0.2) is 47.5 Å². The van der Waals surface area contributed by atoms with Gasteiger partial charge in [0.1, 0.15) is 5.82 Å². The Balaban J connectivity index is 2.27. The molecule has 0 amide bonds. The Morgan fingerprint density at radius 1 is 1.16 bits per heavy atom. The fourth-order valence-corrected chi connectivity index (χ4v) is 2.43. The van der Waals surface area contributed by atoms with E-state index in [1.165, 1.54) is 42.6 Å². The second-order valence-corrected chi connectivity index (χ2v) is 5.40. The van der Waals surface area contributed by atoms with Crippen LogP contribution in [0, 0.1) is 11.3 Å². The minimum atomic E-state index is -3.69. The Hall–Kier alpha value is -2.59. The van der Waals surface area contributed by atoms with E-state index in [0.29, 0.717) is 17.1 Å². The summed E-state index contributed by atoms with van der Waals surface area (Å²) in [4.78, 5) is 3.86. The highest BCUT2D eigenvalue weighted by atomic mass is 32.2. The van der Waals surface area contributed by atoms with Crippen molar-refractivity contribution in [2.45, 2.75) is 4.90 Å². The minimum absolute atomic E-state index is 0.0725. The van der Waals surface area contributed by atoms with E-state index >= 15 is 0 Å². The molecule has 7 heteroatoms. The first kappa shape index (κ1) is 12.9. The molecule has 0 spiro atoms. The SMILES string of the molecule is N#Cc1ccc(S(=O)(=O)Nc2ccc(N)nc2)cc1. The van der Waals surface area contributed by atoms with Gasteiger partial charge in [-0.15, -0.1) is 0 Å². The van der Waals surface area contributed by atoms with Crippen LogP contribution >= 0.6 is 0 Å². The van der Waals surface area contributed by atoms with E-state index in [0.717, 1.165) is 0 Å². The Bertz CT molecular complexity index is 716. The van der Waals surface area contributed by atoms with E-state index in [1.54, 1.807) is 0 Å². The lowest BCUT2D eigenvalue weighted by molar-refractivity contribution is 0.601. The molecule has 2 rings (SSSR count). The molecule has 6 nitrogen and oxygen atoms in total. The Morgan fingerprint density at radius 2 is 1.84 bits per heavy atom. The molecule has 2 aromatic rings. The van der Waals surface area contributed by atoms with Gasteiger partial charge in [0.15, 0.2) is 0 Å². The third kappa shape index (κ3) is 3.00. The molecule has 0 bridgehead atoms. The summed E-state index contributed by atoms with van der Waals surface area (Å²) in [5.41, 5.74) is 6.13. The molecule has 1 aromatic heterocycles. The second-order valence-electron chi connectivity index (χ2n) is 3.71. The minimum Gasteiger partial charge on any atom is -0.384 e. The summed E-state index contributed by atoms with van der Waals surface area (Å²) >= 11 is 0. The molecule has 3 N–H and O–H groups in total. The number of pyridine rings is 1. The molecule has 0 saturated heterocycles. The number of nitrogen functional groups attached to an aromatic ring is 1. The van der Waals surface area contributed by atoms with E-state index in [-0.39, 0.29) is 4.90 Å². The first-order valence-corrected chi connectivity index (χ1v) is 6.74. The summed E-state index contributed by atoms with van der Waals surface area (Å²) in [5.74, 6) is 0.307. The maximum absolute atomic E-state index is 12.0. The van der Waals surface area contributed by atoms with E-state index in [2.05, 4.69) is 9.71 Å². The monoisotopic (exact) mass is 274 g/mol. The van der Waals surface area contributed by atoms with Crippen molar-refractivity contribution >= 4 is 21.5 Å². The van der Waals surface area contributed by atoms with Gasteiger partial charge >= 0.3 is 0 Å². The summed E-state index contributed by atoms with van der Waals surface area (Å²) in [6, 6.07) is 10.6. The number of benzene rings is 1. The number of sulfonamides is 1. The molecule has 0 unspecified atom stereocenters. The average molecular weight is 274 g/mol. The number of nitriles is 1. The van der Waals surface area contributed by atoms with Crippen LogP contribution in [0.3, 0.4) is 0 Å². The van der Waals surface area contributed by atoms with E-state index < -0.39 is 10.0 Å².